The molecule has 1 aromatic heterocycles. The topological polar surface area (TPSA) is 64.6 Å². The minimum atomic E-state index is -0.324. The number of nitrogens with one attached hydrogen (secondary N) is 1. The third-order valence-electron chi connectivity index (χ3n) is 2.88. The highest BCUT2D eigenvalue weighted by molar-refractivity contribution is 7.12. The summed E-state index contributed by atoms with van der Waals surface area (Å²) in [7, 11) is 1.57. The number of methoxy groups -OCH3 is 1. The van der Waals surface area contributed by atoms with Gasteiger partial charge in [-0.3, -0.25) is 9.59 Å². The van der Waals surface area contributed by atoms with Crippen LogP contribution in [0, 0.1) is 0 Å². The van der Waals surface area contributed by atoms with Crippen LogP contribution in [0.25, 0.3) is 0 Å². The van der Waals surface area contributed by atoms with Crippen LogP contribution in [0.15, 0.2) is 41.8 Å². The Bertz CT molecular complexity index is 608. The summed E-state index contributed by atoms with van der Waals surface area (Å²) >= 11 is 1.39. The van der Waals surface area contributed by atoms with Crippen molar-refractivity contribution in [3.8, 4) is 11.5 Å². The van der Waals surface area contributed by atoms with E-state index in [1.807, 2.05) is 11.4 Å². The predicted octanol–water partition coefficient (Wildman–Crippen LogP) is 2.87. The highest BCUT2D eigenvalue weighted by Crippen LogP contribution is 2.17. The summed E-state index contributed by atoms with van der Waals surface area (Å²) in [5, 5.41) is 4.61. The van der Waals surface area contributed by atoms with E-state index in [0.717, 1.165) is 0 Å². The summed E-state index contributed by atoms with van der Waals surface area (Å²) < 4.78 is 10.2. The van der Waals surface area contributed by atoms with Crippen LogP contribution in [-0.2, 0) is 4.79 Å². The molecule has 1 amide bonds. The van der Waals surface area contributed by atoms with E-state index in [-0.39, 0.29) is 18.3 Å². The number of rotatable bonds is 7. The van der Waals surface area contributed by atoms with Gasteiger partial charge in [0.25, 0.3) is 5.91 Å². The molecule has 116 valence electrons. The molecule has 1 N–H and O–H groups in total. The van der Waals surface area contributed by atoms with Crippen LogP contribution in [0.2, 0.25) is 0 Å². The Morgan fingerprint density at radius 1 is 1.14 bits per heavy atom. The maximum absolute atomic E-state index is 11.7. The molecule has 0 spiro atoms. The summed E-state index contributed by atoms with van der Waals surface area (Å²) in [6.45, 7) is 0.439. The van der Waals surface area contributed by atoms with Crippen molar-refractivity contribution >= 4 is 23.2 Å². The van der Waals surface area contributed by atoms with E-state index in [0.29, 0.717) is 29.3 Å². The first-order chi connectivity index (χ1) is 10.7. The zero-order chi connectivity index (χ0) is 15.8. The number of thiophene rings is 1. The first-order valence-corrected chi connectivity index (χ1v) is 7.73. The molecule has 22 heavy (non-hydrogen) atoms. The monoisotopic (exact) mass is 319 g/mol. The summed E-state index contributed by atoms with van der Waals surface area (Å²) in [5.41, 5.74) is 0. The second-order valence-electron chi connectivity index (χ2n) is 4.49. The number of hydrogen-bond donors (Lipinski definition) is 1. The number of hydrogen-bond acceptors (Lipinski definition) is 5. The number of benzene rings is 1. The molecule has 1 aromatic carbocycles. The molecule has 0 fully saturated rings. The van der Waals surface area contributed by atoms with E-state index in [2.05, 4.69) is 5.32 Å². The summed E-state index contributed by atoms with van der Waals surface area (Å²) in [4.78, 5) is 24.0. The molecule has 2 rings (SSSR count). The van der Waals surface area contributed by atoms with Crippen molar-refractivity contribution in [1.29, 1.82) is 0 Å². The summed E-state index contributed by atoms with van der Waals surface area (Å²) in [5.74, 6) is 0.749. The SMILES string of the molecule is COc1ccc(OC(=O)CCCNC(=O)c2cccs2)cc1. The van der Waals surface area contributed by atoms with E-state index >= 15 is 0 Å². The zero-order valence-electron chi connectivity index (χ0n) is 12.2. The van der Waals surface area contributed by atoms with Gasteiger partial charge in [0.05, 0.1) is 12.0 Å². The highest BCUT2D eigenvalue weighted by Gasteiger charge is 2.07. The van der Waals surface area contributed by atoms with Crippen molar-refractivity contribution in [2.45, 2.75) is 12.8 Å². The van der Waals surface area contributed by atoms with Gasteiger partial charge in [0.15, 0.2) is 0 Å². The molecule has 0 radical (unpaired) electrons. The lowest BCUT2D eigenvalue weighted by Crippen LogP contribution is -2.24. The van der Waals surface area contributed by atoms with Gasteiger partial charge in [-0.1, -0.05) is 6.07 Å². The number of carbonyl (C=O) groups excluding carboxylic acids is 2. The minimum absolute atomic E-state index is 0.112. The molecule has 0 bridgehead atoms. The number of amides is 1. The maximum atomic E-state index is 11.7. The predicted molar refractivity (Wildman–Crippen MR) is 84.5 cm³/mol. The number of carbonyl (C=O) groups is 2. The van der Waals surface area contributed by atoms with Gasteiger partial charge in [0.2, 0.25) is 0 Å². The Morgan fingerprint density at radius 2 is 1.86 bits per heavy atom. The second-order valence-corrected chi connectivity index (χ2v) is 5.43. The molecule has 0 aliphatic rings. The molecular formula is C16H17NO4S. The van der Waals surface area contributed by atoms with E-state index in [1.54, 1.807) is 37.4 Å². The van der Waals surface area contributed by atoms with Gasteiger partial charge >= 0.3 is 5.97 Å². The molecule has 2 aromatic rings. The molecule has 1 heterocycles. The van der Waals surface area contributed by atoms with Gasteiger partial charge in [-0.2, -0.15) is 0 Å². The van der Waals surface area contributed by atoms with Crippen molar-refractivity contribution < 1.29 is 19.1 Å². The van der Waals surface area contributed by atoms with Crippen molar-refractivity contribution in [3.05, 3.63) is 46.7 Å². The van der Waals surface area contributed by atoms with Gasteiger partial charge in [0, 0.05) is 13.0 Å². The average Bonchev–Trinajstić information content (AvgIpc) is 3.06. The Hall–Kier alpha value is -2.34. The van der Waals surface area contributed by atoms with Crippen LogP contribution >= 0.6 is 11.3 Å². The number of ether oxygens (including phenoxy) is 2. The smallest absolute Gasteiger partial charge is 0.311 e. The van der Waals surface area contributed by atoms with Gasteiger partial charge in [-0.25, -0.2) is 0 Å². The first kappa shape index (κ1) is 16.0. The van der Waals surface area contributed by atoms with Gasteiger partial charge in [-0.15, -0.1) is 11.3 Å². The van der Waals surface area contributed by atoms with Crippen molar-refractivity contribution in [1.82, 2.24) is 5.32 Å². The van der Waals surface area contributed by atoms with Crippen LogP contribution in [-0.4, -0.2) is 25.5 Å². The maximum Gasteiger partial charge on any atom is 0.311 e. The molecule has 6 heteroatoms. The Balaban J connectivity index is 1.66. The summed E-state index contributed by atoms with van der Waals surface area (Å²) in [6, 6.07) is 10.4. The summed E-state index contributed by atoms with van der Waals surface area (Å²) in [6.07, 6.45) is 0.781. The molecule has 0 aliphatic carbocycles. The molecular weight excluding hydrogens is 302 g/mol. The lowest BCUT2D eigenvalue weighted by atomic mass is 10.3. The number of esters is 1. The fourth-order valence-corrected chi connectivity index (χ4v) is 2.40. The van der Waals surface area contributed by atoms with Gasteiger partial charge in [0.1, 0.15) is 11.5 Å². The third kappa shape index (κ3) is 4.89. The Morgan fingerprint density at radius 3 is 2.50 bits per heavy atom. The van der Waals surface area contributed by atoms with Crippen molar-refractivity contribution in [3.63, 3.8) is 0 Å². The highest BCUT2D eigenvalue weighted by atomic mass is 32.1. The lowest BCUT2D eigenvalue weighted by Gasteiger charge is -2.06. The Labute approximate surface area is 132 Å². The standard InChI is InChI=1S/C16H17NO4S/c1-20-12-6-8-13(9-7-12)21-15(18)5-2-10-17-16(19)14-4-3-11-22-14/h3-4,6-9,11H,2,5,10H2,1H3,(H,17,19). The van der Waals surface area contributed by atoms with E-state index in [9.17, 15) is 9.59 Å². The third-order valence-corrected chi connectivity index (χ3v) is 3.75. The van der Waals surface area contributed by atoms with Gasteiger partial charge < -0.3 is 14.8 Å². The largest absolute Gasteiger partial charge is 0.497 e. The van der Waals surface area contributed by atoms with E-state index < -0.39 is 0 Å². The van der Waals surface area contributed by atoms with Crippen LogP contribution in [0.4, 0.5) is 0 Å². The average molecular weight is 319 g/mol. The molecule has 0 unspecified atom stereocenters. The Kier molecular flexibility index (Phi) is 5.97. The van der Waals surface area contributed by atoms with Crippen LogP contribution in [0.3, 0.4) is 0 Å². The minimum Gasteiger partial charge on any atom is -0.497 e. The van der Waals surface area contributed by atoms with Crippen molar-refractivity contribution in [2.75, 3.05) is 13.7 Å². The lowest BCUT2D eigenvalue weighted by molar-refractivity contribution is -0.134. The quantitative estimate of drug-likeness (QED) is 0.484. The molecule has 5 nitrogen and oxygen atoms in total. The van der Waals surface area contributed by atoms with E-state index in [1.165, 1.54) is 11.3 Å². The van der Waals surface area contributed by atoms with Crippen LogP contribution in [0.1, 0.15) is 22.5 Å². The first-order valence-electron chi connectivity index (χ1n) is 6.85. The van der Waals surface area contributed by atoms with E-state index in [4.69, 9.17) is 9.47 Å². The molecule has 0 saturated heterocycles. The van der Waals surface area contributed by atoms with Gasteiger partial charge in [-0.05, 0) is 42.1 Å². The molecule has 0 aliphatic heterocycles. The zero-order valence-corrected chi connectivity index (χ0v) is 13.0. The fraction of sp³-hybridized carbons (Fsp3) is 0.250. The second kappa shape index (κ2) is 8.19. The molecule has 0 saturated carbocycles. The normalized spacial score (nSPS) is 10.0. The molecule has 0 atom stereocenters. The van der Waals surface area contributed by atoms with Crippen LogP contribution < -0.4 is 14.8 Å². The van der Waals surface area contributed by atoms with Crippen LogP contribution in [0.5, 0.6) is 11.5 Å². The van der Waals surface area contributed by atoms with Crippen molar-refractivity contribution in [2.24, 2.45) is 0 Å². The fourth-order valence-electron chi connectivity index (χ4n) is 1.76.